The molecule has 3 aromatic carbocycles. The molecule has 0 fully saturated rings. The third-order valence-corrected chi connectivity index (χ3v) is 5.90. The van der Waals surface area contributed by atoms with E-state index in [1.807, 2.05) is 66.7 Å². The molecule has 208 valence electrons. The Morgan fingerprint density at radius 2 is 1.05 bits per heavy atom. The number of benzene rings is 3. The molecule has 12 heteroatoms. The van der Waals surface area contributed by atoms with Crippen molar-refractivity contribution in [3.8, 4) is 39.8 Å². The SMILES string of the molecule is CC(F)(F)Oc1ccc(-c2ccc3nncn3n2)cc1.c1ccc(Oc2ccc(-c3ccc4nncn4n3)cc2)cc1. The van der Waals surface area contributed by atoms with Gasteiger partial charge >= 0.3 is 6.11 Å². The monoisotopic (exact) mass is 564 g/mol. The predicted molar refractivity (Wildman–Crippen MR) is 150 cm³/mol. The van der Waals surface area contributed by atoms with Gasteiger partial charge in [-0.3, -0.25) is 0 Å². The molecule has 0 bridgehead atoms. The Morgan fingerprint density at radius 3 is 1.55 bits per heavy atom. The van der Waals surface area contributed by atoms with Crippen LogP contribution < -0.4 is 9.47 Å². The molecule has 7 rings (SSSR count). The number of halogens is 2. The molecule has 4 heterocycles. The van der Waals surface area contributed by atoms with Crippen LogP contribution in [0.5, 0.6) is 17.2 Å². The molecule has 0 saturated carbocycles. The number of fused-ring (bicyclic) bond motifs is 2. The van der Waals surface area contributed by atoms with E-state index in [0.717, 1.165) is 34.0 Å². The van der Waals surface area contributed by atoms with Crippen LogP contribution in [-0.4, -0.2) is 45.7 Å². The summed E-state index contributed by atoms with van der Waals surface area (Å²) in [6, 6.07) is 31.2. The zero-order valence-electron chi connectivity index (χ0n) is 22.1. The predicted octanol–water partition coefficient (Wildman–Crippen LogP) is 6.37. The molecule has 0 amide bonds. The van der Waals surface area contributed by atoms with Gasteiger partial charge in [-0.25, -0.2) is 0 Å². The number of hydrogen-bond donors (Lipinski definition) is 0. The Bertz CT molecular complexity index is 1920. The van der Waals surface area contributed by atoms with Gasteiger partial charge in [-0.1, -0.05) is 18.2 Å². The lowest BCUT2D eigenvalue weighted by Gasteiger charge is -2.13. The van der Waals surface area contributed by atoms with Crippen LogP contribution in [-0.2, 0) is 0 Å². The highest BCUT2D eigenvalue weighted by Gasteiger charge is 2.23. The molecule has 0 spiro atoms. The van der Waals surface area contributed by atoms with Crippen LogP contribution >= 0.6 is 0 Å². The quantitative estimate of drug-likeness (QED) is 0.230. The molecule has 0 unspecified atom stereocenters. The minimum atomic E-state index is -3.19. The van der Waals surface area contributed by atoms with Crippen molar-refractivity contribution in [2.45, 2.75) is 13.0 Å². The Labute approximate surface area is 237 Å². The van der Waals surface area contributed by atoms with Crippen LogP contribution in [0.15, 0.2) is 116 Å². The Balaban J connectivity index is 0.000000151. The summed E-state index contributed by atoms with van der Waals surface area (Å²) in [6.07, 6.45) is -0.110. The molecule has 7 aromatic rings. The third-order valence-electron chi connectivity index (χ3n) is 5.90. The second-order valence-electron chi connectivity index (χ2n) is 9.08. The smallest absolute Gasteiger partial charge is 0.394 e. The summed E-state index contributed by atoms with van der Waals surface area (Å²) in [6.45, 7) is 0.697. The maximum absolute atomic E-state index is 12.7. The van der Waals surface area contributed by atoms with Crippen molar-refractivity contribution < 1.29 is 18.3 Å². The van der Waals surface area contributed by atoms with Crippen molar-refractivity contribution in [2.24, 2.45) is 0 Å². The van der Waals surface area contributed by atoms with Gasteiger partial charge in [0.1, 0.15) is 29.9 Å². The highest BCUT2D eigenvalue weighted by atomic mass is 19.3. The Kier molecular flexibility index (Phi) is 7.16. The number of nitrogens with zero attached hydrogens (tertiary/aromatic N) is 8. The first kappa shape index (κ1) is 26.4. The van der Waals surface area contributed by atoms with Gasteiger partial charge in [0.05, 0.1) is 11.4 Å². The largest absolute Gasteiger partial charge is 0.457 e. The molecule has 0 saturated heterocycles. The summed E-state index contributed by atoms with van der Waals surface area (Å²) < 4.78 is 38.9. The van der Waals surface area contributed by atoms with Crippen LogP contribution in [0.25, 0.3) is 33.8 Å². The van der Waals surface area contributed by atoms with Crippen molar-refractivity contribution in [1.82, 2.24) is 39.6 Å². The highest BCUT2D eigenvalue weighted by Crippen LogP contribution is 2.26. The molecule has 0 N–H and O–H groups in total. The van der Waals surface area contributed by atoms with Gasteiger partial charge in [-0.2, -0.15) is 28.0 Å². The maximum Gasteiger partial charge on any atom is 0.394 e. The van der Waals surface area contributed by atoms with E-state index in [0.29, 0.717) is 18.3 Å². The van der Waals surface area contributed by atoms with Crippen molar-refractivity contribution in [3.63, 3.8) is 0 Å². The Morgan fingerprint density at radius 1 is 0.571 bits per heavy atom. The van der Waals surface area contributed by atoms with Crippen LogP contribution in [0.1, 0.15) is 6.92 Å². The van der Waals surface area contributed by atoms with Gasteiger partial charge in [0, 0.05) is 18.1 Å². The average Bonchev–Trinajstić information content (AvgIpc) is 3.67. The fraction of sp³-hybridized carbons (Fsp3) is 0.0667. The standard InChI is InChI=1S/C17H12N4O.C13H10F2N4O/c1-2-4-14(5-3-1)22-15-8-6-13(7-9-15)16-10-11-17-19-18-12-21(17)20-16;1-13(14,15)20-10-4-2-9(3-5-10)11-6-7-12-17-16-8-19(12)18-11/h1-12H;2-8H,1H3. The molecule has 0 aliphatic carbocycles. The molecule has 42 heavy (non-hydrogen) atoms. The zero-order valence-corrected chi connectivity index (χ0v) is 22.1. The lowest BCUT2D eigenvalue weighted by molar-refractivity contribution is -0.158. The summed E-state index contributed by atoms with van der Waals surface area (Å²) in [5.74, 6) is 1.71. The number of aromatic nitrogens is 8. The normalized spacial score (nSPS) is 11.2. The zero-order chi connectivity index (χ0) is 28.9. The van der Waals surface area contributed by atoms with Gasteiger partial charge in [0.2, 0.25) is 0 Å². The van der Waals surface area contributed by atoms with E-state index in [1.165, 1.54) is 18.5 Å². The van der Waals surface area contributed by atoms with Crippen LogP contribution in [0, 0.1) is 0 Å². The van der Waals surface area contributed by atoms with Crippen LogP contribution in [0.4, 0.5) is 8.78 Å². The topological polar surface area (TPSA) is 105 Å². The molecule has 0 atom stereocenters. The summed E-state index contributed by atoms with van der Waals surface area (Å²) in [7, 11) is 0. The van der Waals surface area contributed by atoms with Crippen molar-refractivity contribution in [3.05, 3.63) is 116 Å². The molecular formula is C30H22F2N8O2. The van der Waals surface area contributed by atoms with Gasteiger partial charge in [0.25, 0.3) is 0 Å². The summed E-state index contributed by atoms with van der Waals surface area (Å²) in [4.78, 5) is 0. The number of alkyl halides is 2. The van der Waals surface area contributed by atoms with Crippen molar-refractivity contribution in [2.75, 3.05) is 0 Å². The van der Waals surface area contributed by atoms with E-state index in [2.05, 4.69) is 35.3 Å². The van der Waals surface area contributed by atoms with E-state index in [9.17, 15) is 8.78 Å². The maximum atomic E-state index is 12.7. The number of rotatable bonds is 6. The molecular weight excluding hydrogens is 542 g/mol. The number of ether oxygens (including phenoxy) is 2. The van der Waals surface area contributed by atoms with Crippen molar-refractivity contribution in [1.29, 1.82) is 0 Å². The van der Waals surface area contributed by atoms with E-state index < -0.39 is 6.11 Å². The molecule has 0 aliphatic rings. The lowest BCUT2D eigenvalue weighted by Crippen LogP contribution is -2.18. The second-order valence-corrected chi connectivity index (χ2v) is 9.08. The fourth-order valence-corrected chi connectivity index (χ4v) is 3.98. The number of hydrogen-bond acceptors (Lipinski definition) is 8. The van der Waals surface area contributed by atoms with Gasteiger partial charge in [-0.05, 0) is 84.9 Å². The fourth-order valence-electron chi connectivity index (χ4n) is 3.98. The minimum Gasteiger partial charge on any atom is -0.457 e. The molecule has 4 aromatic heterocycles. The summed E-state index contributed by atoms with van der Waals surface area (Å²) in [5, 5.41) is 24.1. The summed E-state index contributed by atoms with van der Waals surface area (Å²) in [5.41, 5.74) is 4.71. The highest BCUT2D eigenvalue weighted by molar-refractivity contribution is 5.62. The van der Waals surface area contributed by atoms with Crippen LogP contribution in [0.2, 0.25) is 0 Å². The van der Waals surface area contributed by atoms with E-state index >= 15 is 0 Å². The van der Waals surface area contributed by atoms with Gasteiger partial charge in [0.15, 0.2) is 11.3 Å². The average molecular weight is 565 g/mol. The van der Waals surface area contributed by atoms with E-state index in [4.69, 9.17) is 4.74 Å². The number of para-hydroxylation sites is 1. The molecule has 0 radical (unpaired) electrons. The van der Waals surface area contributed by atoms with Crippen LogP contribution in [0.3, 0.4) is 0 Å². The molecule has 10 nitrogen and oxygen atoms in total. The van der Waals surface area contributed by atoms with E-state index in [1.54, 1.807) is 39.6 Å². The minimum absolute atomic E-state index is 0.103. The second kappa shape index (κ2) is 11.4. The first-order valence-corrected chi connectivity index (χ1v) is 12.7. The Hall–Kier alpha value is -5.78. The third kappa shape index (κ3) is 6.33. The van der Waals surface area contributed by atoms with E-state index in [-0.39, 0.29) is 5.75 Å². The lowest BCUT2D eigenvalue weighted by atomic mass is 10.1. The first-order chi connectivity index (χ1) is 20.4. The van der Waals surface area contributed by atoms with Gasteiger partial charge < -0.3 is 9.47 Å². The van der Waals surface area contributed by atoms with Crippen molar-refractivity contribution >= 4 is 11.3 Å². The molecule has 0 aliphatic heterocycles. The first-order valence-electron chi connectivity index (χ1n) is 12.7. The summed E-state index contributed by atoms with van der Waals surface area (Å²) >= 11 is 0. The van der Waals surface area contributed by atoms with Gasteiger partial charge in [-0.15, -0.1) is 20.4 Å².